The molecular formula is C27H31FN6O2. The molecule has 188 valence electrons. The van der Waals surface area contributed by atoms with Crippen LogP contribution in [0, 0.1) is 11.2 Å². The van der Waals surface area contributed by atoms with Gasteiger partial charge in [-0.05, 0) is 54.8 Å². The Morgan fingerprint density at radius 2 is 1.47 bits per heavy atom. The van der Waals surface area contributed by atoms with Crippen LogP contribution in [0.25, 0.3) is 0 Å². The average Bonchev–Trinajstić information content (AvgIpc) is 2.88. The second kappa shape index (κ2) is 13.0. The molecule has 36 heavy (non-hydrogen) atoms. The zero-order valence-electron chi connectivity index (χ0n) is 19.9. The summed E-state index contributed by atoms with van der Waals surface area (Å²) in [6.07, 6.45) is 1.01. The summed E-state index contributed by atoms with van der Waals surface area (Å²) >= 11 is 0. The Kier molecular flexibility index (Phi) is 9.53. The van der Waals surface area contributed by atoms with Gasteiger partial charge in [0.05, 0.1) is 6.04 Å². The standard InChI is InChI=1S/C27H31FN6O2/c28-20-15-13-19(14-16-20)18-24(33-25(35)23(29)12-7-17-32-27(30)31)26(36)34(21-8-3-1-4-9-21)22-10-5-2-6-11-22/h1-6,8-11,13-16,23-24H,7,12,17-18,29H2,(H,33,35)(H4,30,31,32)/t23-,24-/m0/s1. The number of anilines is 2. The molecule has 0 bridgehead atoms. The Hall–Kier alpha value is -4.24. The number of nitrogens with two attached hydrogens (primary N) is 2. The molecule has 8 nitrogen and oxygen atoms in total. The Bertz CT molecular complexity index is 1100. The van der Waals surface area contributed by atoms with E-state index in [0.717, 1.165) is 0 Å². The van der Waals surface area contributed by atoms with Crippen LogP contribution in [-0.2, 0) is 16.0 Å². The van der Waals surface area contributed by atoms with Gasteiger partial charge in [-0.15, -0.1) is 0 Å². The number of hydrogen-bond acceptors (Lipinski definition) is 4. The number of halogens is 1. The van der Waals surface area contributed by atoms with Gasteiger partial charge in [0.15, 0.2) is 5.96 Å². The summed E-state index contributed by atoms with van der Waals surface area (Å²) in [5, 5.41) is 12.7. The number of nitrogens with one attached hydrogen (secondary N) is 3. The van der Waals surface area contributed by atoms with Crippen molar-refractivity contribution < 1.29 is 14.0 Å². The monoisotopic (exact) mass is 490 g/mol. The van der Waals surface area contributed by atoms with Crippen LogP contribution in [0.4, 0.5) is 15.8 Å². The summed E-state index contributed by atoms with van der Waals surface area (Å²) in [5.74, 6) is -1.36. The lowest BCUT2D eigenvalue weighted by Crippen LogP contribution is -2.53. The predicted octanol–water partition coefficient (Wildman–Crippen LogP) is 2.81. The van der Waals surface area contributed by atoms with E-state index < -0.39 is 18.0 Å². The molecule has 0 saturated heterocycles. The van der Waals surface area contributed by atoms with E-state index in [4.69, 9.17) is 16.9 Å². The second-order valence-electron chi connectivity index (χ2n) is 8.33. The van der Waals surface area contributed by atoms with Crippen molar-refractivity contribution >= 4 is 29.1 Å². The molecule has 0 radical (unpaired) electrons. The highest BCUT2D eigenvalue weighted by molar-refractivity contribution is 6.05. The minimum atomic E-state index is -0.954. The molecule has 0 heterocycles. The molecule has 0 spiro atoms. The van der Waals surface area contributed by atoms with Crippen LogP contribution in [-0.4, -0.2) is 36.4 Å². The Balaban J connectivity index is 1.85. The van der Waals surface area contributed by atoms with E-state index in [-0.39, 0.29) is 24.1 Å². The van der Waals surface area contributed by atoms with Crippen LogP contribution in [0.15, 0.2) is 84.9 Å². The first-order chi connectivity index (χ1) is 17.3. The zero-order valence-corrected chi connectivity index (χ0v) is 19.9. The first-order valence-corrected chi connectivity index (χ1v) is 11.7. The van der Waals surface area contributed by atoms with Gasteiger partial charge in [-0.25, -0.2) is 4.39 Å². The Morgan fingerprint density at radius 1 is 0.917 bits per heavy atom. The van der Waals surface area contributed by atoms with Crippen molar-refractivity contribution in [1.29, 1.82) is 5.41 Å². The van der Waals surface area contributed by atoms with E-state index in [1.54, 1.807) is 17.0 Å². The van der Waals surface area contributed by atoms with E-state index in [1.807, 2.05) is 60.7 Å². The van der Waals surface area contributed by atoms with Crippen LogP contribution >= 0.6 is 0 Å². The fourth-order valence-electron chi connectivity index (χ4n) is 3.72. The van der Waals surface area contributed by atoms with E-state index in [0.29, 0.717) is 36.3 Å². The van der Waals surface area contributed by atoms with Gasteiger partial charge in [0, 0.05) is 24.3 Å². The first-order valence-electron chi connectivity index (χ1n) is 11.7. The summed E-state index contributed by atoms with van der Waals surface area (Å²) in [4.78, 5) is 28.5. The van der Waals surface area contributed by atoms with Crippen LogP contribution in [0.5, 0.6) is 0 Å². The molecule has 0 aliphatic rings. The lowest BCUT2D eigenvalue weighted by molar-refractivity contribution is -0.128. The maximum Gasteiger partial charge on any atom is 0.254 e. The van der Waals surface area contributed by atoms with Gasteiger partial charge < -0.3 is 22.1 Å². The molecule has 3 rings (SSSR count). The maximum absolute atomic E-state index is 14.0. The van der Waals surface area contributed by atoms with Crippen molar-refractivity contribution in [2.75, 3.05) is 11.4 Å². The number of guanidine groups is 1. The minimum absolute atomic E-state index is 0.152. The van der Waals surface area contributed by atoms with E-state index >= 15 is 0 Å². The molecule has 0 unspecified atom stereocenters. The molecule has 0 aliphatic carbocycles. The lowest BCUT2D eigenvalue weighted by atomic mass is 10.0. The van der Waals surface area contributed by atoms with Crippen molar-refractivity contribution in [3.8, 4) is 0 Å². The van der Waals surface area contributed by atoms with Crippen LogP contribution in [0.3, 0.4) is 0 Å². The SMILES string of the molecule is N=C(N)NCCC[C@H](N)C(=O)N[C@@H](Cc1ccc(F)cc1)C(=O)N(c1ccccc1)c1ccccc1. The number of para-hydroxylation sites is 2. The van der Waals surface area contributed by atoms with Gasteiger partial charge in [-0.2, -0.15) is 0 Å². The van der Waals surface area contributed by atoms with Crippen LogP contribution in [0.2, 0.25) is 0 Å². The summed E-state index contributed by atoms with van der Waals surface area (Å²) in [5.41, 5.74) is 13.3. The molecule has 0 aliphatic heterocycles. The minimum Gasteiger partial charge on any atom is -0.370 e. The summed E-state index contributed by atoms with van der Waals surface area (Å²) in [7, 11) is 0. The zero-order chi connectivity index (χ0) is 25.9. The number of carbonyl (C=O) groups excluding carboxylic acids is 2. The highest BCUT2D eigenvalue weighted by atomic mass is 19.1. The third-order valence-corrected chi connectivity index (χ3v) is 5.56. The van der Waals surface area contributed by atoms with Crippen molar-refractivity contribution in [3.05, 3.63) is 96.3 Å². The number of benzene rings is 3. The van der Waals surface area contributed by atoms with Gasteiger partial charge in [0.1, 0.15) is 11.9 Å². The fourth-order valence-corrected chi connectivity index (χ4v) is 3.72. The van der Waals surface area contributed by atoms with Crippen molar-refractivity contribution in [3.63, 3.8) is 0 Å². The third kappa shape index (κ3) is 7.64. The normalized spacial score (nSPS) is 12.3. The highest BCUT2D eigenvalue weighted by Crippen LogP contribution is 2.26. The van der Waals surface area contributed by atoms with Crippen LogP contribution in [0.1, 0.15) is 18.4 Å². The van der Waals surface area contributed by atoms with E-state index in [2.05, 4.69) is 10.6 Å². The number of amides is 2. The van der Waals surface area contributed by atoms with Gasteiger partial charge in [-0.1, -0.05) is 48.5 Å². The van der Waals surface area contributed by atoms with Gasteiger partial charge in [0.2, 0.25) is 5.91 Å². The first kappa shape index (κ1) is 26.4. The summed E-state index contributed by atoms with van der Waals surface area (Å²) < 4.78 is 13.5. The van der Waals surface area contributed by atoms with Gasteiger partial charge >= 0.3 is 0 Å². The summed E-state index contributed by atoms with van der Waals surface area (Å²) in [6.45, 7) is 0.407. The average molecular weight is 491 g/mol. The predicted molar refractivity (Wildman–Crippen MR) is 139 cm³/mol. The molecule has 7 N–H and O–H groups in total. The van der Waals surface area contributed by atoms with Crippen molar-refractivity contribution in [2.45, 2.75) is 31.3 Å². The molecule has 2 amide bonds. The Labute approximate surface area is 210 Å². The second-order valence-corrected chi connectivity index (χ2v) is 8.33. The van der Waals surface area contributed by atoms with Crippen molar-refractivity contribution in [1.82, 2.24) is 10.6 Å². The largest absolute Gasteiger partial charge is 0.370 e. The van der Waals surface area contributed by atoms with E-state index in [1.165, 1.54) is 12.1 Å². The molecule has 9 heteroatoms. The number of hydrogen-bond donors (Lipinski definition) is 5. The fraction of sp³-hybridized carbons (Fsp3) is 0.222. The highest BCUT2D eigenvalue weighted by Gasteiger charge is 2.30. The molecule has 2 atom stereocenters. The molecular weight excluding hydrogens is 459 g/mol. The van der Waals surface area contributed by atoms with Crippen LogP contribution < -0.4 is 27.0 Å². The van der Waals surface area contributed by atoms with Gasteiger partial charge in [0.25, 0.3) is 5.91 Å². The smallest absolute Gasteiger partial charge is 0.254 e. The number of carbonyl (C=O) groups is 2. The lowest BCUT2D eigenvalue weighted by Gasteiger charge is -2.29. The molecule has 3 aromatic carbocycles. The third-order valence-electron chi connectivity index (χ3n) is 5.56. The van der Waals surface area contributed by atoms with Crippen molar-refractivity contribution in [2.24, 2.45) is 11.5 Å². The molecule has 0 aromatic heterocycles. The summed E-state index contributed by atoms with van der Waals surface area (Å²) in [6, 6.07) is 22.3. The van der Waals surface area contributed by atoms with Gasteiger partial charge in [-0.3, -0.25) is 19.9 Å². The molecule has 3 aromatic rings. The quantitative estimate of drug-likeness (QED) is 0.160. The van der Waals surface area contributed by atoms with E-state index in [9.17, 15) is 14.0 Å². The topological polar surface area (TPSA) is 137 Å². The molecule has 0 saturated carbocycles. The number of rotatable bonds is 11. The number of nitrogens with zero attached hydrogens (tertiary/aromatic N) is 1. The Morgan fingerprint density at radius 3 is 2.00 bits per heavy atom. The maximum atomic E-state index is 14.0. The molecule has 0 fully saturated rings.